The van der Waals surface area contributed by atoms with Crippen LogP contribution in [0.1, 0.15) is 17.2 Å². The molecular weight excluding hydrogens is 198 g/mol. The molecule has 0 aliphatic rings. The Morgan fingerprint density at radius 1 is 1.47 bits per heavy atom. The number of rotatable bonds is 4. The molecule has 0 bridgehead atoms. The summed E-state index contributed by atoms with van der Waals surface area (Å²) in [5.41, 5.74) is 6.42. The molecule has 0 radical (unpaired) electrons. The van der Waals surface area contributed by atoms with Crippen molar-refractivity contribution in [2.75, 3.05) is 6.61 Å². The van der Waals surface area contributed by atoms with Crippen LogP contribution in [0.25, 0.3) is 0 Å². The van der Waals surface area contributed by atoms with Crippen molar-refractivity contribution in [3.8, 4) is 5.75 Å². The summed E-state index contributed by atoms with van der Waals surface area (Å²) < 4.78 is 0. The van der Waals surface area contributed by atoms with Gasteiger partial charge in [0.1, 0.15) is 5.75 Å². The van der Waals surface area contributed by atoms with Crippen LogP contribution >= 0.6 is 0 Å². The van der Waals surface area contributed by atoms with Crippen LogP contribution in [-0.4, -0.2) is 27.9 Å². The van der Waals surface area contributed by atoms with Gasteiger partial charge in [-0.1, -0.05) is 12.1 Å². The van der Waals surface area contributed by atoms with E-state index in [-0.39, 0.29) is 18.8 Å². The molecule has 0 fully saturated rings. The summed E-state index contributed by atoms with van der Waals surface area (Å²) in [6.45, 7) is -0.272. The summed E-state index contributed by atoms with van der Waals surface area (Å²) >= 11 is 0. The minimum Gasteiger partial charge on any atom is -0.508 e. The molecule has 0 aliphatic carbocycles. The highest BCUT2D eigenvalue weighted by Gasteiger charge is 2.11. The van der Waals surface area contributed by atoms with E-state index < -0.39 is 12.0 Å². The molecule has 15 heavy (non-hydrogen) atoms. The first-order valence-corrected chi connectivity index (χ1v) is 4.44. The maximum absolute atomic E-state index is 10.4. The van der Waals surface area contributed by atoms with Gasteiger partial charge in [-0.2, -0.15) is 0 Å². The summed E-state index contributed by atoms with van der Waals surface area (Å²) in [7, 11) is 0. The monoisotopic (exact) mass is 211 g/mol. The quantitative estimate of drug-likeness (QED) is 0.561. The van der Waals surface area contributed by atoms with Crippen molar-refractivity contribution in [2.24, 2.45) is 5.73 Å². The number of benzene rings is 1. The number of aromatic hydroxyl groups is 1. The van der Waals surface area contributed by atoms with Crippen LogP contribution in [0.15, 0.2) is 18.2 Å². The van der Waals surface area contributed by atoms with Crippen LogP contribution in [0.3, 0.4) is 0 Å². The number of aliphatic hydroxyl groups excluding tert-OH is 1. The molecule has 0 amide bonds. The second kappa shape index (κ2) is 4.77. The number of carboxylic acids is 1. The lowest BCUT2D eigenvalue weighted by Crippen LogP contribution is -2.14. The third kappa shape index (κ3) is 2.93. The van der Waals surface area contributed by atoms with Gasteiger partial charge in [0.05, 0.1) is 19.1 Å². The van der Waals surface area contributed by atoms with Gasteiger partial charge < -0.3 is 21.1 Å². The highest BCUT2D eigenvalue weighted by Crippen LogP contribution is 2.23. The van der Waals surface area contributed by atoms with E-state index in [1.54, 1.807) is 6.07 Å². The third-order valence-corrected chi connectivity index (χ3v) is 2.05. The molecule has 1 rings (SSSR count). The fraction of sp³-hybridized carbons (Fsp3) is 0.300. The number of carboxylic acid groups (broad SMARTS) is 1. The van der Waals surface area contributed by atoms with Gasteiger partial charge in [0.2, 0.25) is 0 Å². The number of nitrogens with two attached hydrogens (primary N) is 1. The highest BCUT2D eigenvalue weighted by atomic mass is 16.4. The van der Waals surface area contributed by atoms with E-state index in [9.17, 15) is 9.90 Å². The first-order chi connectivity index (χ1) is 7.04. The normalized spacial score (nSPS) is 12.4. The van der Waals surface area contributed by atoms with Crippen LogP contribution in [0.5, 0.6) is 5.75 Å². The van der Waals surface area contributed by atoms with Crippen LogP contribution < -0.4 is 5.73 Å². The average molecular weight is 211 g/mol. The molecule has 5 nitrogen and oxygen atoms in total. The number of phenols is 1. The Morgan fingerprint density at radius 2 is 2.13 bits per heavy atom. The minimum absolute atomic E-state index is 0.0877. The van der Waals surface area contributed by atoms with Gasteiger partial charge in [0, 0.05) is 5.56 Å². The summed E-state index contributed by atoms with van der Waals surface area (Å²) in [5, 5.41) is 26.9. The lowest BCUT2D eigenvalue weighted by Gasteiger charge is -2.11. The second-order valence-electron chi connectivity index (χ2n) is 3.25. The smallest absolute Gasteiger partial charge is 0.307 e. The van der Waals surface area contributed by atoms with E-state index in [1.807, 2.05) is 0 Å². The van der Waals surface area contributed by atoms with Crippen molar-refractivity contribution in [3.05, 3.63) is 29.3 Å². The predicted octanol–water partition coefficient (Wildman–Crippen LogP) is 0.0114. The molecule has 5 N–H and O–H groups in total. The Morgan fingerprint density at radius 3 is 2.60 bits per heavy atom. The predicted molar refractivity (Wildman–Crippen MR) is 53.5 cm³/mol. The maximum Gasteiger partial charge on any atom is 0.307 e. The molecule has 5 heteroatoms. The highest BCUT2D eigenvalue weighted by molar-refractivity contribution is 5.70. The van der Waals surface area contributed by atoms with Crippen LogP contribution in [0.2, 0.25) is 0 Å². The summed E-state index contributed by atoms with van der Waals surface area (Å²) in [6, 6.07) is 3.79. The van der Waals surface area contributed by atoms with Gasteiger partial charge >= 0.3 is 5.97 Å². The number of hydrogen-bond donors (Lipinski definition) is 4. The maximum atomic E-state index is 10.4. The Kier molecular flexibility index (Phi) is 3.65. The Labute approximate surface area is 86.8 Å². The third-order valence-electron chi connectivity index (χ3n) is 2.05. The van der Waals surface area contributed by atoms with Crippen molar-refractivity contribution in [2.45, 2.75) is 12.5 Å². The lowest BCUT2D eigenvalue weighted by atomic mass is 10.0. The fourth-order valence-corrected chi connectivity index (χ4v) is 1.29. The van der Waals surface area contributed by atoms with Crippen molar-refractivity contribution in [3.63, 3.8) is 0 Å². The molecule has 0 aromatic heterocycles. The number of aliphatic carboxylic acids is 1. The van der Waals surface area contributed by atoms with Gasteiger partial charge in [-0.15, -0.1) is 0 Å². The van der Waals surface area contributed by atoms with E-state index in [4.69, 9.17) is 15.9 Å². The van der Waals surface area contributed by atoms with Crippen molar-refractivity contribution >= 4 is 5.97 Å². The number of phenolic OH excluding ortho intramolecular Hbond substituents is 1. The van der Waals surface area contributed by atoms with Crippen LogP contribution in [0, 0.1) is 0 Å². The summed E-state index contributed by atoms with van der Waals surface area (Å²) in [5.74, 6) is -1.05. The SMILES string of the molecule is N[C@H](CO)c1ccc(CC(=O)O)cc1O. The molecular formula is C10H13NO4. The molecule has 1 aromatic rings. The zero-order valence-electron chi connectivity index (χ0n) is 8.05. The zero-order valence-corrected chi connectivity index (χ0v) is 8.05. The van der Waals surface area contributed by atoms with E-state index in [2.05, 4.69) is 0 Å². The molecule has 0 unspecified atom stereocenters. The molecule has 1 atom stereocenters. The zero-order chi connectivity index (χ0) is 11.4. The first kappa shape index (κ1) is 11.5. The van der Waals surface area contributed by atoms with Crippen LogP contribution in [-0.2, 0) is 11.2 Å². The Bertz CT molecular complexity index is 364. The van der Waals surface area contributed by atoms with E-state index >= 15 is 0 Å². The molecule has 0 spiro atoms. The number of aliphatic hydroxyl groups is 1. The summed E-state index contributed by atoms with van der Waals surface area (Å²) in [4.78, 5) is 10.4. The second-order valence-corrected chi connectivity index (χ2v) is 3.25. The standard InChI is InChI=1S/C10H13NO4/c11-8(5-12)7-2-1-6(3-9(7)13)4-10(14)15/h1-3,8,12-13H,4-5,11H2,(H,14,15)/t8-/m1/s1. The van der Waals surface area contributed by atoms with Gasteiger partial charge in [0.15, 0.2) is 0 Å². The largest absolute Gasteiger partial charge is 0.508 e. The van der Waals surface area contributed by atoms with E-state index in [0.717, 1.165) is 0 Å². The molecule has 0 aliphatic heterocycles. The average Bonchev–Trinajstić information content (AvgIpc) is 2.16. The van der Waals surface area contributed by atoms with E-state index in [0.29, 0.717) is 11.1 Å². The van der Waals surface area contributed by atoms with Crippen molar-refractivity contribution in [1.29, 1.82) is 0 Å². The lowest BCUT2D eigenvalue weighted by molar-refractivity contribution is -0.136. The van der Waals surface area contributed by atoms with Gasteiger partial charge in [-0.3, -0.25) is 4.79 Å². The molecule has 0 saturated carbocycles. The number of carbonyl (C=O) groups is 1. The molecule has 82 valence electrons. The first-order valence-electron chi connectivity index (χ1n) is 4.44. The van der Waals surface area contributed by atoms with Gasteiger partial charge in [-0.25, -0.2) is 0 Å². The van der Waals surface area contributed by atoms with E-state index in [1.165, 1.54) is 12.1 Å². The van der Waals surface area contributed by atoms with Crippen LogP contribution in [0.4, 0.5) is 0 Å². The van der Waals surface area contributed by atoms with Gasteiger partial charge in [-0.05, 0) is 11.6 Å². The molecule has 1 aromatic carbocycles. The Balaban J connectivity index is 2.92. The van der Waals surface area contributed by atoms with Crippen molar-refractivity contribution in [1.82, 2.24) is 0 Å². The summed E-state index contributed by atoms with van der Waals surface area (Å²) in [6.07, 6.45) is -0.151. The fourth-order valence-electron chi connectivity index (χ4n) is 1.29. The minimum atomic E-state index is -0.964. The Hall–Kier alpha value is -1.59. The van der Waals surface area contributed by atoms with Crippen molar-refractivity contribution < 1.29 is 20.1 Å². The molecule has 0 saturated heterocycles. The van der Waals surface area contributed by atoms with Gasteiger partial charge in [0.25, 0.3) is 0 Å². The number of hydrogen-bond acceptors (Lipinski definition) is 4. The topological polar surface area (TPSA) is 104 Å². The molecule has 0 heterocycles.